The van der Waals surface area contributed by atoms with Gasteiger partial charge in [-0.1, -0.05) is 48.9 Å². The average molecular weight is 351 g/mol. The number of aryl methyl sites for hydroxylation is 1. The van der Waals surface area contributed by atoms with Gasteiger partial charge in [-0.05, 0) is 31.0 Å². The summed E-state index contributed by atoms with van der Waals surface area (Å²) >= 11 is 0. The van der Waals surface area contributed by atoms with E-state index in [-0.39, 0.29) is 25.0 Å². The minimum atomic E-state index is -0.354. The summed E-state index contributed by atoms with van der Waals surface area (Å²) in [6.45, 7) is 3.82. The highest BCUT2D eigenvalue weighted by Crippen LogP contribution is 2.31. The zero-order valence-electron chi connectivity index (χ0n) is 14.9. The van der Waals surface area contributed by atoms with E-state index in [0.29, 0.717) is 17.9 Å². The Morgan fingerprint density at radius 1 is 1.19 bits per heavy atom. The summed E-state index contributed by atoms with van der Waals surface area (Å²) in [5.41, 5.74) is 6.07. The van der Waals surface area contributed by atoms with Gasteiger partial charge >= 0.3 is 0 Å². The van der Waals surface area contributed by atoms with Crippen LogP contribution >= 0.6 is 0 Å². The molecule has 0 aliphatic carbocycles. The lowest BCUT2D eigenvalue weighted by molar-refractivity contribution is -0.125. The number of nitrogens with one attached hydrogen (secondary N) is 1. The van der Waals surface area contributed by atoms with Gasteiger partial charge in [-0.25, -0.2) is 5.43 Å². The van der Waals surface area contributed by atoms with Gasteiger partial charge in [-0.3, -0.25) is 14.5 Å². The fourth-order valence-electron chi connectivity index (χ4n) is 2.73. The van der Waals surface area contributed by atoms with E-state index in [2.05, 4.69) is 10.5 Å². The maximum absolute atomic E-state index is 12.3. The number of hydrazone groups is 1. The highest BCUT2D eigenvalue weighted by Gasteiger charge is 2.26. The van der Waals surface area contributed by atoms with Crippen LogP contribution in [0.3, 0.4) is 0 Å². The standard InChI is InChI=1S/C20H21N3O3/c1-3-16(15-10-8-14(2)9-11-15)21-22-19(24)12-23-17-6-4-5-7-18(17)26-13-20(23)25/h4-11H,3,12-13H2,1-2H3,(H,22,24)/b21-16-. The van der Waals surface area contributed by atoms with Crippen LogP contribution in [0.1, 0.15) is 24.5 Å². The molecule has 1 heterocycles. The Labute approximate surface area is 152 Å². The predicted molar refractivity (Wildman–Crippen MR) is 100 cm³/mol. The molecule has 1 aliphatic rings. The monoisotopic (exact) mass is 351 g/mol. The number of benzene rings is 2. The lowest BCUT2D eigenvalue weighted by atomic mass is 10.1. The summed E-state index contributed by atoms with van der Waals surface area (Å²) in [6.07, 6.45) is 0.683. The molecule has 134 valence electrons. The van der Waals surface area contributed by atoms with Crippen molar-refractivity contribution in [2.45, 2.75) is 20.3 Å². The van der Waals surface area contributed by atoms with Gasteiger partial charge in [-0.15, -0.1) is 0 Å². The molecule has 6 nitrogen and oxygen atoms in total. The maximum Gasteiger partial charge on any atom is 0.265 e. The summed E-state index contributed by atoms with van der Waals surface area (Å²) in [5, 5.41) is 4.24. The fourth-order valence-corrected chi connectivity index (χ4v) is 2.73. The van der Waals surface area contributed by atoms with Crippen LogP contribution in [0.2, 0.25) is 0 Å². The first-order valence-electron chi connectivity index (χ1n) is 8.53. The van der Waals surface area contributed by atoms with E-state index in [1.807, 2.05) is 44.2 Å². The molecule has 0 radical (unpaired) electrons. The Bertz CT molecular complexity index is 844. The molecular weight excluding hydrogens is 330 g/mol. The van der Waals surface area contributed by atoms with E-state index < -0.39 is 0 Å². The summed E-state index contributed by atoms with van der Waals surface area (Å²) in [5.74, 6) is -0.0116. The summed E-state index contributed by atoms with van der Waals surface area (Å²) < 4.78 is 5.38. The third-order valence-electron chi connectivity index (χ3n) is 4.15. The second kappa shape index (κ2) is 7.82. The van der Waals surface area contributed by atoms with Gasteiger partial charge in [0.25, 0.3) is 11.8 Å². The molecule has 2 aromatic rings. The Balaban J connectivity index is 1.70. The number of anilines is 1. The number of carbonyl (C=O) groups excluding carboxylic acids is 2. The summed E-state index contributed by atoms with van der Waals surface area (Å²) in [7, 11) is 0. The molecule has 1 N–H and O–H groups in total. The Kier molecular flexibility index (Phi) is 5.31. The van der Waals surface area contributed by atoms with Gasteiger partial charge < -0.3 is 4.74 Å². The van der Waals surface area contributed by atoms with Crippen molar-refractivity contribution in [3.05, 3.63) is 59.7 Å². The van der Waals surface area contributed by atoms with Crippen LogP contribution in [0.25, 0.3) is 0 Å². The number of para-hydroxylation sites is 2. The molecule has 2 amide bonds. The molecule has 0 aromatic heterocycles. The Hall–Kier alpha value is -3.15. The van der Waals surface area contributed by atoms with Crippen LogP contribution < -0.4 is 15.1 Å². The number of carbonyl (C=O) groups is 2. The average Bonchev–Trinajstić information content (AvgIpc) is 2.66. The van der Waals surface area contributed by atoms with E-state index in [9.17, 15) is 9.59 Å². The highest BCUT2D eigenvalue weighted by atomic mass is 16.5. The number of rotatable bonds is 5. The van der Waals surface area contributed by atoms with Gasteiger partial charge in [0.15, 0.2) is 6.61 Å². The van der Waals surface area contributed by atoms with Crippen LogP contribution in [-0.4, -0.2) is 30.7 Å². The minimum Gasteiger partial charge on any atom is -0.482 e. The van der Waals surface area contributed by atoms with Crippen LogP contribution in [0.4, 0.5) is 5.69 Å². The molecular formula is C20H21N3O3. The Morgan fingerprint density at radius 3 is 2.65 bits per heavy atom. The van der Waals surface area contributed by atoms with Gasteiger partial charge in [0, 0.05) is 0 Å². The molecule has 0 atom stereocenters. The third kappa shape index (κ3) is 3.91. The SMILES string of the molecule is CC/C(=N/NC(=O)CN1C(=O)COc2ccccc21)c1ccc(C)cc1. The lowest BCUT2D eigenvalue weighted by Gasteiger charge is -2.28. The number of ether oxygens (including phenoxy) is 1. The molecule has 1 aliphatic heterocycles. The first kappa shape index (κ1) is 17.7. The number of hydrogen-bond acceptors (Lipinski definition) is 4. The van der Waals surface area contributed by atoms with Crippen molar-refractivity contribution in [1.82, 2.24) is 5.43 Å². The van der Waals surface area contributed by atoms with Gasteiger partial charge in [0.2, 0.25) is 0 Å². The second-order valence-electron chi connectivity index (χ2n) is 6.05. The molecule has 2 aromatic carbocycles. The maximum atomic E-state index is 12.3. The van der Waals surface area contributed by atoms with E-state index in [0.717, 1.165) is 16.8 Å². The van der Waals surface area contributed by atoms with Crippen molar-refractivity contribution in [2.75, 3.05) is 18.1 Å². The zero-order valence-corrected chi connectivity index (χ0v) is 14.9. The highest BCUT2D eigenvalue weighted by molar-refractivity contribution is 6.03. The van der Waals surface area contributed by atoms with Crippen LogP contribution in [-0.2, 0) is 9.59 Å². The second-order valence-corrected chi connectivity index (χ2v) is 6.05. The van der Waals surface area contributed by atoms with E-state index in [1.54, 1.807) is 18.2 Å². The molecule has 26 heavy (non-hydrogen) atoms. The number of fused-ring (bicyclic) bond motifs is 1. The Morgan fingerprint density at radius 2 is 1.92 bits per heavy atom. The lowest BCUT2D eigenvalue weighted by Crippen LogP contribution is -2.44. The zero-order chi connectivity index (χ0) is 18.5. The third-order valence-corrected chi connectivity index (χ3v) is 4.15. The van der Waals surface area contributed by atoms with Crippen LogP contribution in [0.5, 0.6) is 5.75 Å². The topological polar surface area (TPSA) is 71.0 Å². The van der Waals surface area contributed by atoms with Gasteiger partial charge in [0.05, 0.1) is 11.4 Å². The smallest absolute Gasteiger partial charge is 0.265 e. The van der Waals surface area contributed by atoms with Crippen molar-refractivity contribution < 1.29 is 14.3 Å². The van der Waals surface area contributed by atoms with Gasteiger partial charge in [-0.2, -0.15) is 5.10 Å². The molecule has 0 fully saturated rings. The van der Waals surface area contributed by atoms with Crippen molar-refractivity contribution in [3.63, 3.8) is 0 Å². The van der Waals surface area contributed by atoms with Gasteiger partial charge in [0.1, 0.15) is 12.3 Å². The van der Waals surface area contributed by atoms with Crippen molar-refractivity contribution in [2.24, 2.45) is 5.10 Å². The molecule has 0 saturated heterocycles. The fraction of sp³-hybridized carbons (Fsp3) is 0.250. The first-order valence-corrected chi connectivity index (χ1v) is 8.53. The predicted octanol–water partition coefficient (Wildman–Crippen LogP) is 2.65. The quantitative estimate of drug-likeness (QED) is 0.665. The van der Waals surface area contributed by atoms with Crippen LogP contribution in [0, 0.1) is 6.92 Å². The largest absolute Gasteiger partial charge is 0.482 e. The normalized spacial score (nSPS) is 13.8. The van der Waals surface area contributed by atoms with E-state index in [1.165, 1.54) is 4.90 Å². The summed E-state index contributed by atoms with van der Waals surface area (Å²) in [6, 6.07) is 15.1. The number of amides is 2. The molecule has 0 unspecified atom stereocenters. The molecule has 3 rings (SSSR count). The van der Waals surface area contributed by atoms with E-state index in [4.69, 9.17) is 4.74 Å². The van der Waals surface area contributed by atoms with Crippen molar-refractivity contribution >= 4 is 23.2 Å². The molecule has 0 spiro atoms. The van der Waals surface area contributed by atoms with Crippen molar-refractivity contribution in [3.8, 4) is 5.75 Å². The number of hydrogen-bond donors (Lipinski definition) is 1. The molecule has 0 saturated carbocycles. The van der Waals surface area contributed by atoms with E-state index >= 15 is 0 Å². The first-order chi connectivity index (χ1) is 12.6. The number of nitrogens with zero attached hydrogens (tertiary/aromatic N) is 2. The minimum absolute atomic E-state index is 0.0723. The molecule has 6 heteroatoms. The summed E-state index contributed by atoms with van der Waals surface area (Å²) in [4.78, 5) is 25.9. The van der Waals surface area contributed by atoms with Crippen molar-refractivity contribution in [1.29, 1.82) is 0 Å². The van der Waals surface area contributed by atoms with Crippen LogP contribution in [0.15, 0.2) is 53.6 Å². The molecule has 0 bridgehead atoms.